The molecule has 0 aliphatic heterocycles. The Hall–Kier alpha value is -1.20. The van der Waals surface area contributed by atoms with E-state index in [1.165, 1.54) is 12.5 Å². The van der Waals surface area contributed by atoms with Crippen LogP contribution in [0.15, 0.2) is 18.2 Å². The van der Waals surface area contributed by atoms with Crippen molar-refractivity contribution in [2.24, 2.45) is 11.7 Å². The van der Waals surface area contributed by atoms with Crippen LogP contribution in [0.2, 0.25) is 0 Å². The molecule has 1 fully saturated rings. The van der Waals surface area contributed by atoms with Gasteiger partial charge in [-0.15, -0.1) is 12.4 Å². The number of benzene rings is 1. The summed E-state index contributed by atoms with van der Waals surface area (Å²) in [6.07, 6.45) is 5.63. The summed E-state index contributed by atoms with van der Waals surface area (Å²) in [4.78, 5) is 10.00. The molecule has 2 N–H and O–H groups in total. The highest BCUT2D eigenvalue weighted by atomic mass is 35.5. The molecule has 1 aliphatic rings. The second-order valence-electron chi connectivity index (χ2n) is 4.89. The fourth-order valence-corrected chi connectivity index (χ4v) is 2.64. The highest BCUT2D eigenvalue weighted by Gasteiger charge is 2.24. The van der Waals surface area contributed by atoms with Crippen molar-refractivity contribution in [2.45, 2.75) is 38.1 Å². The average Bonchev–Trinajstić information content (AvgIpc) is 2.39. The molecular weight excluding hydrogens is 271 g/mol. The predicted molar refractivity (Wildman–Crippen MR) is 73.8 cm³/mol. The average molecular weight is 289 g/mol. The summed E-state index contributed by atoms with van der Waals surface area (Å²) in [6.45, 7) is 0. The quantitative estimate of drug-likeness (QED) is 0.680. The number of nitrogens with zero attached hydrogens (tertiary/aromatic N) is 1. The van der Waals surface area contributed by atoms with E-state index in [9.17, 15) is 14.5 Å². The van der Waals surface area contributed by atoms with E-state index in [-0.39, 0.29) is 18.4 Å². The van der Waals surface area contributed by atoms with Crippen LogP contribution in [0.25, 0.3) is 0 Å². The Balaban J connectivity index is 0.00000180. The van der Waals surface area contributed by atoms with Crippen molar-refractivity contribution in [1.29, 1.82) is 0 Å². The van der Waals surface area contributed by atoms with Gasteiger partial charge in [-0.25, -0.2) is 0 Å². The van der Waals surface area contributed by atoms with Crippen molar-refractivity contribution < 1.29 is 9.31 Å². The molecular formula is C13H18ClFN2O2. The van der Waals surface area contributed by atoms with Crippen LogP contribution in [-0.2, 0) is 0 Å². The van der Waals surface area contributed by atoms with E-state index < -0.39 is 16.4 Å². The van der Waals surface area contributed by atoms with Gasteiger partial charge in [0.05, 0.1) is 4.92 Å². The van der Waals surface area contributed by atoms with Gasteiger partial charge in [-0.2, -0.15) is 4.39 Å². The standard InChI is InChI=1S/C13H17FN2O2.ClH/c14-11-7-6-10(8-12(11)16(17)18)13(15)9-4-2-1-3-5-9;/h6-9,13H,1-5,15H2;1H/t13-;/m1./s1. The number of nitro groups is 1. The highest BCUT2D eigenvalue weighted by molar-refractivity contribution is 5.85. The van der Waals surface area contributed by atoms with Crippen molar-refractivity contribution in [2.75, 3.05) is 0 Å². The third kappa shape index (κ3) is 3.64. The number of rotatable bonds is 3. The highest BCUT2D eigenvalue weighted by Crippen LogP contribution is 2.34. The molecule has 0 heterocycles. The second-order valence-corrected chi connectivity index (χ2v) is 4.89. The van der Waals surface area contributed by atoms with Crippen LogP contribution >= 0.6 is 12.4 Å². The van der Waals surface area contributed by atoms with Gasteiger partial charge in [-0.3, -0.25) is 10.1 Å². The van der Waals surface area contributed by atoms with E-state index in [0.29, 0.717) is 11.5 Å². The largest absolute Gasteiger partial charge is 0.324 e. The first-order valence-electron chi connectivity index (χ1n) is 6.29. The van der Waals surface area contributed by atoms with Crippen molar-refractivity contribution in [3.63, 3.8) is 0 Å². The lowest BCUT2D eigenvalue weighted by Gasteiger charge is -2.27. The zero-order chi connectivity index (χ0) is 13.1. The van der Waals surface area contributed by atoms with Gasteiger partial charge >= 0.3 is 5.69 Å². The fraction of sp³-hybridized carbons (Fsp3) is 0.538. The maximum atomic E-state index is 13.2. The molecule has 6 heteroatoms. The van der Waals surface area contributed by atoms with E-state index >= 15 is 0 Å². The van der Waals surface area contributed by atoms with E-state index in [4.69, 9.17) is 5.73 Å². The number of nitrogens with two attached hydrogens (primary N) is 1. The van der Waals surface area contributed by atoms with Gasteiger partial charge in [0, 0.05) is 12.1 Å². The number of hydrogen-bond acceptors (Lipinski definition) is 3. The summed E-state index contributed by atoms with van der Waals surface area (Å²) in [5.74, 6) is -0.455. The van der Waals surface area contributed by atoms with Crippen LogP contribution in [0.1, 0.15) is 43.7 Å². The summed E-state index contributed by atoms with van der Waals surface area (Å²) >= 11 is 0. The molecule has 106 valence electrons. The van der Waals surface area contributed by atoms with Crippen LogP contribution in [0.3, 0.4) is 0 Å². The molecule has 1 aliphatic carbocycles. The molecule has 0 saturated heterocycles. The molecule has 0 spiro atoms. The first kappa shape index (κ1) is 15.9. The molecule has 0 aromatic heterocycles. The van der Waals surface area contributed by atoms with Crippen LogP contribution in [0.5, 0.6) is 0 Å². The number of nitro benzene ring substituents is 1. The molecule has 1 atom stereocenters. The summed E-state index contributed by atoms with van der Waals surface area (Å²) in [5.41, 5.74) is 6.32. The van der Waals surface area contributed by atoms with Crippen molar-refractivity contribution in [1.82, 2.24) is 0 Å². The van der Waals surface area contributed by atoms with Gasteiger partial charge in [-0.05, 0) is 30.4 Å². The third-order valence-corrected chi connectivity index (χ3v) is 3.71. The molecule has 0 unspecified atom stereocenters. The topological polar surface area (TPSA) is 69.2 Å². The van der Waals surface area contributed by atoms with E-state index in [2.05, 4.69) is 0 Å². The lowest BCUT2D eigenvalue weighted by Crippen LogP contribution is -2.23. The van der Waals surface area contributed by atoms with Gasteiger partial charge < -0.3 is 5.73 Å². The van der Waals surface area contributed by atoms with Gasteiger partial charge in [-0.1, -0.05) is 25.3 Å². The van der Waals surface area contributed by atoms with Gasteiger partial charge in [0.25, 0.3) is 0 Å². The Labute approximate surface area is 117 Å². The minimum absolute atomic E-state index is 0. The normalized spacial score (nSPS) is 17.6. The Bertz CT molecular complexity index is 450. The molecule has 0 bridgehead atoms. The van der Waals surface area contributed by atoms with Crippen LogP contribution in [-0.4, -0.2) is 4.92 Å². The zero-order valence-electron chi connectivity index (χ0n) is 10.5. The SMILES string of the molecule is Cl.N[C@@H](c1ccc(F)c([N+](=O)[O-])c1)C1CCCCC1. The summed E-state index contributed by atoms with van der Waals surface area (Å²) in [5, 5.41) is 10.7. The first-order valence-corrected chi connectivity index (χ1v) is 6.29. The lowest BCUT2D eigenvalue weighted by molar-refractivity contribution is -0.387. The fourth-order valence-electron chi connectivity index (χ4n) is 2.64. The summed E-state index contributed by atoms with van der Waals surface area (Å²) in [6, 6.07) is 3.73. The molecule has 1 aromatic carbocycles. The second kappa shape index (κ2) is 6.82. The van der Waals surface area contributed by atoms with E-state index in [1.807, 2.05) is 0 Å². The van der Waals surface area contributed by atoms with Gasteiger partial charge in [0.2, 0.25) is 5.82 Å². The molecule has 1 saturated carbocycles. The number of halogens is 2. The van der Waals surface area contributed by atoms with Crippen molar-refractivity contribution >= 4 is 18.1 Å². The minimum Gasteiger partial charge on any atom is -0.324 e. The first-order chi connectivity index (χ1) is 8.59. The maximum absolute atomic E-state index is 13.2. The lowest BCUT2D eigenvalue weighted by atomic mass is 9.81. The van der Waals surface area contributed by atoms with Crippen LogP contribution in [0, 0.1) is 21.8 Å². The molecule has 1 aromatic rings. The van der Waals surface area contributed by atoms with Gasteiger partial charge in [0.1, 0.15) is 0 Å². The molecule has 4 nitrogen and oxygen atoms in total. The number of hydrogen-bond donors (Lipinski definition) is 1. The van der Waals surface area contributed by atoms with E-state index in [0.717, 1.165) is 31.7 Å². The van der Waals surface area contributed by atoms with Crippen molar-refractivity contribution in [3.8, 4) is 0 Å². The Morgan fingerprint density at radius 1 is 1.32 bits per heavy atom. The van der Waals surface area contributed by atoms with Crippen LogP contribution < -0.4 is 5.73 Å². The van der Waals surface area contributed by atoms with E-state index in [1.54, 1.807) is 6.07 Å². The zero-order valence-corrected chi connectivity index (χ0v) is 11.4. The van der Waals surface area contributed by atoms with Crippen LogP contribution in [0.4, 0.5) is 10.1 Å². The minimum atomic E-state index is -0.806. The third-order valence-electron chi connectivity index (χ3n) is 3.71. The Morgan fingerprint density at radius 3 is 2.53 bits per heavy atom. The Kier molecular flexibility index (Phi) is 5.69. The molecule has 0 radical (unpaired) electrons. The Morgan fingerprint density at radius 2 is 1.95 bits per heavy atom. The summed E-state index contributed by atoms with van der Waals surface area (Å²) in [7, 11) is 0. The smallest absolute Gasteiger partial charge is 0.305 e. The summed E-state index contributed by atoms with van der Waals surface area (Å²) < 4.78 is 13.2. The van der Waals surface area contributed by atoms with Gasteiger partial charge in [0.15, 0.2) is 0 Å². The van der Waals surface area contributed by atoms with Crippen molar-refractivity contribution in [3.05, 3.63) is 39.7 Å². The molecule has 0 amide bonds. The molecule has 2 rings (SSSR count). The predicted octanol–water partition coefficient (Wildman–Crippen LogP) is 3.74. The maximum Gasteiger partial charge on any atom is 0.305 e. The molecule has 19 heavy (non-hydrogen) atoms. The monoisotopic (exact) mass is 288 g/mol.